The minimum atomic E-state index is -3.18. The fourth-order valence-electron chi connectivity index (χ4n) is 3.69. The second kappa shape index (κ2) is 9.30. The highest BCUT2D eigenvalue weighted by molar-refractivity contribution is 7.90. The van der Waals surface area contributed by atoms with Crippen LogP contribution in [0.5, 0.6) is 0 Å². The van der Waals surface area contributed by atoms with E-state index in [1.807, 2.05) is 47.4 Å². The van der Waals surface area contributed by atoms with E-state index in [-0.39, 0.29) is 5.91 Å². The number of nitrogens with zero attached hydrogens (tertiary/aromatic N) is 3. The maximum Gasteiger partial charge on any atom is 0.263 e. The third-order valence-corrected chi connectivity index (χ3v) is 7.59. The lowest BCUT2D eigenvalue weighted by Gasteiger charge is -2.21. The molecule has 1 amide bonds. The number of aromatic nitrogens is 1. The largest absolute Gasteiger partial charge is 0.337 e. The molecule has 162 valence electrons. The molecule has 0 atom stereocenters. The Morgan fingerprint density at radius 1 is 1.00 bits per heavy atom. The van der Waals surface area contributed by atoms with Crippen molar-refractivity contribution in [1.82, 2.24) is 14.8 Å². The quantitative estimate of drug-likeness (QED) is 0.588. The van der Waals surface area contributed by atoms with Crippen LogP contribution in [0.15, 0.2) is 65.7 Å². The molecule has 0 aliphatic carbocycles. The lowest BCUT2D eigenvalue weighted by atomic mass is 10.2. The predicted molar refractivity (Wildman–Crippen MR) is 123 cm³/mol. The van der Waals surface area contributed by atoms with Crippen molar-refractivity contribution in [2.24, 2.45) is 0 Å². The second-order valence-corrected chi connectivity index (χ2v) is 10.8. The van der Waals surface area contributed by atoms with E-state index in [2.05, 4.69) is 9.88 Å². The highest BCUT2D eigenvalue weighted by Gasteiger charge is 2.22. The number of amides is 1. The van der Waals surface area contributed by atoms with Gasteiger partial charge in [0.2, 0.25) is 0 Å². The minimum absolute atomic E-state index is 0.0755. The van der Waals surface area contributed by atoms with Crippen LogP contribution < -0.4 is 0 Å². The summed E-state index contributed by atoms with van der Waals surface area (Å²) in [5, 5.41) is 0. The maximum atomic E-state index is 13.0. The molecule has 3 heterocycles. The number of carbonyl (C=O) groups excluding carboxylic acids is 1. The summed E-state index contributed by atoms with van der Waals surface area (Å²) in [6, 6.07) is 16.7. The molecule has 0 saturated carbocycles. The Labute approximate surface area is 187 Å². The third-order valence-electron chi connectivity index (χ3n) is 5.37. The Morgan fingerprint density at radius 2 is 1.81 bits per heavy atom. The molecule has 1 aliphatic rings. The van der Waals surface area contributed by atoms with Gasteiger partial charge in [0, 0.05) is 45.2 Å². The zero-order chi connectivity index (χ0) is 21.8. The lowest BCUT2D eigenvalue weighted by molar-refractivity contribution is 0.0766. The van der Waals surface area contributed by atoms with Crippen LogP contribution in [-0.4, -0.2) is 61.5 Å². The Bertz CT molecular complexity index is 1140. The molecule has 31 heavy (non-hydrogen) atoms. The minimum Gasteiger partial charge on any atom is -0.337 e. The summed E-state index contributed by atoms with van der Waals surface area (Å²) in [5.41, 5.74) is 1.96. The summed E-state index contributed by atoms with van der Waals surface area (Å²) in [4.78, 5) is 23.7. The van der Waals surface area contributed by atoms with Crippen LogP contribution >= 0.6 is 11.3 Å². The predicted octanol–water partition coefficient (Wildman–Crippen LogP) is 3.56. The average Bonchev–Trinajstić information content (AvgIpc) is 3.15. The number of thiophene rings is 1. The molecular formula is C23H25N3O3S2. The molecule has 1 saturated heterocycles. The lowest BCUT2D eigenvalue weighted by Crippen LogP contribution is -2.34. The summed E-state index contributed by atoms with van der Waals surface area (Å²) in [5.74, 6) is 0.0755. The number of hydrogen-bond donors (Lipinski definition) is 0. The monoisotopic (exact) mass is 455 g/mol. The fourth-order valence-corrected chi connectivity index (χ4v) is 5.27. The molecule has 1 fully saturated rings. The Hall–Kier alpha value is -2.55. The van der Waals surface area contributed by atoms with E-state index in [1.165, 1.54) is 17.6 Å². The zero-order valence-electron chi connectivity index (χ0n) is 17.4. The molecule has 8 heteroatoms. The molecule has 4 rings (SSSR count). The number of hydrogen-bond acceptors (Lipinski definition) is 6. The topological polar surface area (TPSA) is 70.6 Å². The van der Waals surface area contributed by atoms with Gasteiger partial charge >= 0.3 is 0 Å². The first kappa shape index (κ1) is 21.7. The number of carbonyl (C=O) groups is 1. The van der Waals surface area contributed by atoms with Gasteiger partial charge in [-0.15, -0.1) is 11.3 Å². The molecule has 0 bridgehead atoms. The van der Waals surface area contributed by atoms with E-state index >= 15 is 0 Å². The van der Waals surface area contributed by atoms with Crippen LogP contribution in [0.25, 0.3) is 10.6 Å². The van der Waals surface area contributed by atoms with E-state index in [1.54, 1.807) is 18.3 Å². The first-order chi connectivity index (χ1) is 14.9. The Kier molecular flexibility index (Phi) is 6.50. The van der Waals surface area contributed by atoms with Gasteiger partial charge < -0.3 is 4.90 Å². The normalized spacial score (nSPS) is 15.6. The van der Waals surface area contributed by atoms with Crippen molar-refractivity contribution >= 4 is 27.1 Å². The number of pyridine rings is 1. The smallest absolute Gasteiger partial charge is 0.263 e. The molecule has 6 nitrogen and oxygen atoms in total. The summed E-state index contributed by atoms with van der Waals surface area (Å²) < 4.78 is 23.3. The van der Waals surface area contributed by atoms with Gasteiger partial charge in [-0.2, -0.15) is 0 Å². The molecule has 3 aromatic rings. The van der Waals surface area contributed by atoms with Gasteiger partial charge in [0.05, 0.1) is 20.3 Å². The second-order valence-electron chi connectivity index (χ2n) is 7.72. The standard InChI is InChI=1S/C23H25N3O3S2/c1-31(28,29)19-8-6-18(7-9-19)17-25-13-4-14-26(16-15-25)23(27)22-11-10-21(30-22)20-5-2-3-12-24-20/h2-3,5-12H,4,13-17H2,1H3. The van der Waals surface area contributed by atoms with Gasteiger partial charge in [0.25, 0.3) is 5.91 Å². The molecular weight excluding hydrogens is 430 g/mol. The van der Waals surface area contributed by atoms with Crippen molar-refractivity contribution in [1.29, 1.82) is 0 Å². The van der Waals surface area contributed by atoms with Crippen molar-refractivity contribution in [2.45, 2.75) is 17.9 Å². The van der Waals surface area contributed by atoms with E-state index in [9.17, 15) is 13.2 Å². The molecule has 2 aromatic heterocycles. The van der Waals surface area contributed by atoms with Crippen molar-refractivity contribution in [3.63, 3.8) is 0 Å². The molecule has 0 N–H and O–H groups in total. The van der Waals surface area contributed by atoms with Crippen molar-refractivity contribution < 1.29 is 13.2 Å². The van der Waals surface area contributed by atoms with Gasteiger partial charge in [-0.3, -0.25) is 14.7 Å². The molecule has 0 radical (unpaired) electrons. The van der Waals surface area contributed by atoms with Crippen molar-refractivity contribution in [3.8, 4) is 10.6 Å². The van der Waals surface area contributed by atoms with E-state index in [0.29, 0.717) is 11.4 Å². The van der Waals surface area contributed by atoms with Crippen molar-refractivity contribution in [2.75, 3.05) is 32.4 Å². The average molecular weight is 456 g/mol. The van der Waals surface area contributed by atoms with E-state index in [0.717, 1.165) is 53.6 Å². The highest BCUT2D eigenvalue weighted by Crippen LogP contribution is 2.27. The molecule has 1 aromatic carbocycles. The SMILES string of the molecule is CS(=O)(=O)c1ccc(CN2CCCN(C(=O)c3ccc(-c4ccccn4)s3)CC2)cc1. The summed E-state index contributed by atoms with van der Waals surface area (Å²) in [6.45, 7) is 3.85. The third kappa shape index (κ3) is 5.39. The zero-order valence-corrected chi connectivity index (χ0v) is 19.0. The summed E-state index contributed by atoms with van der Waals surface area (Å²) in [6.07, 6.45) is 3.88. The highest BCUT2D eigenvalue weighted by atomic mass is 32.2. The van der Waals surface area contributed by atoms with E-state index in [4.69, 9.17) is 0 Å². The summed E-state index contributed by atoms with van der Waals surface area (Å²) in [7, 11) is -3.18. The molecule has 0 spiro atoms. The number of benzene rings is 1. The molecule has 0 unspecified atom stereocenters. The maximum absolute atomic E-state index is 13.0. The summed E-state index contributed by atoms with van der Waals surface area (Å²) >= 11 is 1.48. The van der Waals surface area contributed by atoms with Gasteiger partial charge in [-0.1, -0.05) is 18.2 Å². The van der Waals surface area contributed by atoms with Gasteiger partial charge in [0.15, 0.2) is 9.84 Å². The first-order valence-electron chi connectivity index (χ1n) is 10.2. The number of rotatable bonds is 5. The first-order valence-corrected chi connectivity index (χ1v) is 12.9. The van der Waals surface area contributed by atoms with Crippen LogP contribution in [0.4, 0.5) is 0 Å². The number of sulfone groups is 1. The van der Waals surface area contributed by atoms with Crippen LogP contribution in [0.1, 0.15) is 21.7 Å². The van der Waals surface area contributed by atoms with Crippen LogP contribution in [0, 0.1) is 0 Å². The molecule has 1 aliphatic heterocycles. The van der Waals surface area contributed by atoms with Crippen LogP contribution in [0.2, 0.25) is 0 Å². The van der Waals surface area contributed by atoms with Crippen LogP contribution in [0.3, 0.4) is 0 Å². The van der Waals surface area contributed by atoms with E-state index < -0.39 is 9.84 Å². The van der Waals surface area contributed by atoms with Gasteiger partial charge in [0.1, 0.15) is 0 Å². The Morgan fingerprint density at radius 3 is 2.52 bits per heavy atom. The van der Waals surface area contributed by atoms with Gasteiger partial charge in [-0.25, -0.2) is 8.42 Å². The fraction of sp³-hybridized carbons (Fsp3) is 0.304. The van der Waals surface area contributed by atoms with Crippen LogP contribution in [-0.2, 0) is 16.4 Å². The Balaban J connectivity index is 1.37. The van der Waals surface area contributed by atoms with Gasteiger partial charge in [-0.05, 0) is 48.4 Å². The van der Waals surface area contributed by atoms with Crippen molar-refractivity contribution in [3.05, 3.63) is 71.2 Å².